The summed E-state index contributed by atoms with van der Waals surface area (Å²) < 4.78 is 5.49. The van der Waals surface area contributed by atoms with Gasteiger partial charge in [0.15, 0.2) is 5.96 Å². The van der Waals surface area contributed by atoms with Gasteiger partial charge in [-0.25, -0.2) is 4.98 Å². The van der Waals surface area contributed by atoms with Crippen LogP contribution < -0.4 is 10.6 Å². The van der Waals surface area contributed by atoms with Gasteiger partial charge in [0, 0.05) is 12.6 Å². The minimum absolute atomic E-state index is 0.424. The van der Waals surface area contributed by atoms with Crippen LogP contribution in [0.2, 0.25) is 0 Å². The van der Waals surface area contributed by atoms with E-state index in [2.05, 4.69) is 26.5 Å². The van der Waals surface area contributed by atoms with Gasteiger partial charge < -0.3 is 15.1 Å². The first-order valence-electron chi connectivity index (χ1n) is 6.62. The summed E-state index contributed by atoms with van der Waals surface area (Å²) >= 11 is 0. The van der Waals surface area contributed by atoms with E-state index in [1.165, 1.54) is 5.56 Å². The number of aliphatic imine (C=N–C) groups is 1. The topological polar surface area (TPSA) is 62.5 Å². The molecule has 1 heterocycles. The molecule has 0 aliphatic carbocycles. The Morgan fingerprint density at radius 1 is 1.33 bits per heavy atom. The van der Waals surface area contributed by atoms with Crippen molar-refractivity contribution >= 4 is 5.96 Å². The highest BCUT2D eigenvalue weighted by Gasteiger charge is 2.07. The van der Waals surface area contributed by atoms with E-state index in [-0.39, 0.29) is 0 Å². The number of nitrogens with zero attached hydrogens (tertiary/aromatic N) is 2. The summed E-state index contributed by atoms with van der Waals surface area (Å²) in [6.45, 7) is 2.98. The lowest BCUT2D eigenvalue weighted by Gasteiger charge is -2.07. The quantitative estimate of drug-likeness (QED) is 0.511. The number of oxazole rings is 1. The molecule has 0 fully saturated rings. The van der Waals surface area contributed by atoms with Crippen LogP contribution in [0.15, 0.2) is 39.9 Å². The van der Waals surface area contributed by atoms with Crippen LogP contribution in [0.4, 0.5) is 0 Å². The molecular weight excluding hydrogens is 264 g/mol. The Morgan fingerprint density at radius 2 is 2.10 bits per heavy atom. The first-order valence-corrected chi connectivity index (χ1v) is 6.62. The Balaban J connectivity index is 1.97. The van der Waals surface area contributed by atoms with Crippen molar-refractivity contribution in [3.05, 3.63) is 41.8 Å². The average molecular weight is 282 g/mol. The predicted octanol–water partition coefficient (Wildman–Crippen LogP) is 1.95. The predicted molar refractivity (Wildman–Crippen MR) is 83.7 cm³/mol. The molecule has 0 spiro atoms. The van der Waals surface area contributed by atoms with Gasteiger partial charge in [-0.3, -0.25) is 4.99 Å². The van der Waals surface area contributed by atoms with Gasteiger partial charge in [-0.2, -0.15) is 0 Å². The van der Waals surface area contributed by atoms with Crippen molar-refractivity contribution in [1.82, 2.24) is 15.6 Å². The van der Waals surface area contributed by atoms with E-state index >= 15 is 0 Å². The number of aromatic nitrogens is 1. The van der Waals surface area contributed by atoms with Crippen molar-refractivity contribution in [2.75, 3.05) is 13.6 Å². The molecule has 0 bridgehead atoms. The molecule has 108 valence electrons. The standard InChI is InChI=1S/C16H18N4O/c1-4-9-18-16(17-3)19-10-14-11-21-15(20-14)13-7-5-12(2)6-8-13/h1,5-8,11H,9-10H2,2-3H3,(H2,17,18,19). The van der Waals surface area contributed by atoms with Gasteiger partial charge in [0.2, 0.25) is 5.89 Å². The molecule has 5 heteroatoms. The number of hydrogen-bond donors (Lipinski definition) is 2. The largest absolute Gasteiger partial charge is 0.444 e. The number of terminal acetylenes is 1. The highest BCUT2D eigenvalue weighted by molar-refractivity contribution is 5.79. The Kier molecular flexibility index (Phi) is 4.99. The molecule has 21 heavy (non-hydrogen) atoms. The SMILES string of the molecule is C#CCNC(=NC)NCc1coc(-c2ccc(C)cc2)n1. The fraction of sp³-hybridized carbons (Fsp3) is 0.250. The van der Waals surface area contributed by atoms with Gasteiger partial charge in [-0.15, -0.1) is 6.42 Å². The van der Waals surface area contributed by atoms with Gasteiger partial charge in [0.25, 0.3) is 0 Å². The number of benzene rings is 1. The van der Waals surface area contributed by atoms with Crippen LogP contribution in [-0.4, -0.2) is 24.5 Å². The zero-order valence-electron chi connectivity index (χ0n) is 12.2. The lowest BCUT2D eigenvalue weighted by molar-refractivity contribution is 0.572. The Morgan fingerprint density at radius 3 is 2.76 bits per heavy atom. The third-order valence-corrected chi connectivity index (χ3v) is 2.87. The number of nitrogens with one attached hydrogen (secondary N) is 2. The molecule has 2 rings (SSSR count). The molecule has 0 saturated carbocycles. The zero-order chi connectivity index (χ0) is 15.1. The van der Waals surface area contributed by atoms with Gasteiger partial charge in [-0.1, -0.05) is 23.6 Å². The van der Waals surface area contributed by atoms with Crippen molar-refractivity contribution in [3.8, 4) is 23.8 Å². The molecule has 2 aromatic rings. The van der Waals surface area contributed by atoms with Crippen molar-refractivity contribution in [2.45, 2.75) is 13.5 Å². The number of rotatable bonds is 4. The second-order valence-corrected chi connectivity index (χ2v) is 4.49. The van der Waals surface area contributed by atoms with Crippen LogP contribution in [0.1, 0.15) is 11.3 Å². The third kappa shape index (κ3) is 4.11. The minimum Gasteiger partial charge on any atom is -0.444 e. The highest BCUT2D eigenvalue weighted by Crippen LogP contribution is 2.18. The molecule has 0 unspecified atom stereocenters. The number of guanidine groups is 1. The van der Waals surface area contributed by atoms with E-state index in [0.717, 1.165) is 11.3 Å². The molecule has 0 amide bonds. The maximum absolute atomic E-state index is 5.49. The second kappa shape index (κ2) is 7.15. The molecule has 5 nitrogen and oxygen atoms in total. The lowest BCUT2D eigenvalue weighted by Crippen LogP contribution is -2.36. The normalized spacial score (nSPS) is 11.0. The fourth-order valence-electron chi connectivity index (χ4n) is 1.75. The van der Waals surface area contributed by atoms with Crippen LogP contribution in [0.5, 0.6) is 0 Å². The van der Waals surface area contributed by atoms with Crippen molar-refractivity contribution in [3.63, 3.8) is 0 Å². The van der Waals surface area contributed by atoms with E-state index in [9.17, 15) is 0 Å². The Hall–Kier alpha value is -2.74. The van der Waals surface area contributed by atoms with E-state index in [4.69, 9.17) is 10.8 Å². The maximum Gasteiger partial charge on any atom is 0.226 e. The number of aryl methyl sites for hydroxylation is 1. The van der Waals surface area contributed by atoms with Gasteiger partial charge in [0.05, 0.1) is 18.8 Å². The van der Waals surface area contributed by atoms with Crippen LogP contribution in [0, 0.1) is 19.3 Å². The molecule has 1 aromatic heterocycles. The first-order chi connectivity index (χ1) is 10.2. The van der Waals surface area contributed by atoms with Gasteiger partial charge >= 0.3 is 0 Å². The van der Waals surface area contributed by atoms with E-state index in [0.29, 0.717) is 24.9 Å². The van der Waals surface area contributed by atoms with Crippen LogP contribution in [0.25, 0.3) is 11.5 Å². The Bertz CT molecular complexity index is 650. The Labute approximate surface area is 124 Å². The van der Waals surface area contributed by atoms with Gasteiger partial charge in [-0.05, 0) is 19.1 Å². The summed E-state index contributed by atoms with van der Waals surface area (Å²) in [5.74, 6) is 3.74. The molecule has 0 atom stereocenters. The molecule has 0 aliphatic heterocycles. The summed E-state index contributed by atoms with van der Waals surface area (Å²) in [4.78, 5) is 8.50. The summed E-state index contributed by atoms with van der Waals surface area (Å²) in [6.07, 6.45) is 6.83. The summed E-state index contributed by atoms with van der Waals surface area (Å²) in [6, 6.07) is 8.05. The summed E-state index contributed by atoms with van der Waals surface area (Å²) in [5, 5.41) is 6.09. The third-order valence-electron chi connectivity index (χ3n) is 2.87. The molecular formula is C16H18N4O. The molecule has 0 radical (unpaired) electrons. The molecule has 0 saturated heterocycles. The molecule has 1 aromatic carbocycles. The fourth-order valence-corrected chi connectivity index (χ4v) is 1.75. The van der Waals surface area contributed by atoms with Crippen LogP contribution >= 0.6 is 0 Å². The molecule has 2 N–H and O–H groups in total. The van der Waals surface area contributed by atoms with Gasteiger partial charge in [0.1, 0.15) is 6.26 Å². The monoisotopic (exact) mass is 282 g/mol. The second-order valence-electron chi connectivity index (χ2n) is 4.49. The van der Waals surface area contributed by atoms with Crippen molar-refractivity contribution in [2.24, 2.45) is 4.99 Å². The highest BCUT2D eigenvalue weighted by atomic mass is 16.3. The first kappa shape index (κ1) is 14.7. The van der Waals surface area contributed by atoms with Crippen molar-refractivity contribution in [1.29, 1.82) is 0 Å². The van der Waals surface area contributed by atoms with E-state index in [1.54, 1.807) is 13.3 Å². The smallest absolute Gasteiger partial charge is 0.226 e. The number of hydrogen-bond acceptors (Lipinski definition) is 3. The van der Waals surface area contributed by atoms with E-state index in [1.807, 2.05) is 31.2 Å². The summed E-state index contributed by atoms with van der Waals surface area (Å²) in [7, 11) is 1.69. The average Bonchev–Trinajstić information content (AvgIpc) is 2.97. The summed E-state index contributed by atoms with van der Waals surface area (Å²) in [5.41, 5.74) is 2.96. The van der Waals surface area contributed by atoms with Crippen LogP contribution in [0.3, 0.4) is 0 Å². The zero-order valence-corrected chi connectivity index (χ0v) is 12.2. The molecule has 0 aliphatic rings. The lowest BCUT2D eigenvalue weighted by atomic mass is 10.1. The maximum atomic E-state index is 5.49. The van der Waals surface area contributed by atoms with E-state index < -0.39 is 0 Å². The minimum atomic E-state index is 0.424. The van der Waals surface area contributed by atoms with Crippen LogP contribution in [-0.2, 0) is 6.54 Å². The van der Waals surface area contributed by atoms with Crippen molar-refractivity contribution < 1.29 is 4.42 Å².